The number of benzene rings is 1. The normalized spacial score (nSPS) is 13.2. The topological polar surface area (TPSA) is 66.8 Å². The highest BCUT2D eigenvalue weighted by molar-refractivity contribution is 5.88. The number of halogens is 3. The predicted octanol–water partition coefficient (Wildman–Crippen LogP) is 2.42. The second-order valence-corrected chi connectivity index (χ2v) is 3.29. The van der Waals surface area contributed by atoms with Gasteiger partial charge in [0.25, 0.3) is 0 Å². The Morgan fingerprint density at radius 1 is 1.41 bits per heavy atom. The van der Waals surface area contributed by atoms with Gasteiger partial charge in [-0.1, -0.05) is 0 Å². The molecule has 1 unspecified atom stereocenters. The lowest BCUT2D eigenvalue weighted by Gasteiger charge is -2.18. The first-order valence-electron chi connectivity index (χ1n) is 4.51. The van der Waals surface area contributed by atoms with Gasteiger partial charge in [0.15, 0.2) is 17.6 Å². The third-order valence-corrected chi connectivity index (χ3v) is 1.97. The Morgan fingerprint density at radius 2 is 2.00 bits per heavy atom. The smallest absolute Gasteiger partial charge is 0.425 e. The van der Waals surface area contributed by atoms with Gasteiger partial charge in [0.05, 0.1) is 5.56 Å². The minimum atomic E-state index is -4.56. The van der Waals surface area contributed by atoms with Crippen LogP contribution in [0.2, 0.25) is 0 Å². The molecule has 0 amide bonds. The second-order valence-electron chi connectivity index (χ2n) is 3.29. The van der Waals surface area contributed by atoms with Crippen LogP contribution in [-0.4, -0.2) is 28.5 Å². The minimum Gasteiger partial charge on any atom is -0.504 e. The molecule has 1 atom stereocenters. The van der Waals surface area contributed by atoms with Crippen molar-refractivity contribution in [3.05, 3.63) is 23.8 Å². The molecular formula is C10H9F3O4. The summed E-state index contributed by atoms with van der Waals surface area (Å²) in [6.07, 6.45) is -6.65. The number of rotatable bonds is 3. The molecule has 0 fully saturated rings. The Labute approximate surface area is 94.3 Å². The zero-order valence-electron chi connectivity index (χ0n) is 8.65. The average molecular weight is 250 g/mol. The number of alkyl halides is 3. The van der Waals surface area contributed by atoms with Crippen molar-refractivity contribution >= 4 is 5.97 Å². The predicted molar refractivity (Wildman–Crippen MR) is 51.2 cm³/mol. The first-order valence-corrected chi connectivity index (χ1v) is 4.51. The molecule has 17 heavy (non-hydrogen) atoms. The summed E-state index contributed by atoms with van der Waals surface area (Å²) in [5.41, 5.74) is -0.241. The van der Waals surface area contributed by atoms with Gasteiger partial charge in [0, 0.05) is 0 Å². The van der Waals surface area contributed by atoms with Crippen LogP contribution in [0.15, 0.2) is 18.2 Å². The largest absolute Gasteiger partial charge is 0.504 e. The first kappa shape index (κ1) is 13.1. The lowest BCUT2D eigenvalue weighted by molar-refractivity contribution is -0.189. The Balaban J connectivity index is 2.90. The Bertz CT molecular complexity index is 428. The van der Waals surface area contributed by atoms with Crippen LogP contribution in [0, 0.1) is 0 Å². The van der Waals surface area contributed by atoms with Gasteiger partial charge in [-0.2, -0.15) is 13.2 Å². The van der Waals surface area contributed by atoms with Crippen LogP contribution in [0.3, 0.4) is 0 Å². The molecule has 0 aliphatic heterocycles. The molecule has 0 saturated carbocycles. The lowest BCUT2D eigenvalue weighted by Crippen LogP contribution is -2.31. The maximum absolute atomic E-state index is 12.2. The van der Waals surface area contributed by atoms with Crippen LogP contribution in [0.1, 0.15) is 17.3 Å². The first-order chi connectivity index (χ1) is 7.71. The van der Waals surface area contributed by atoms with Crippen molar-refractivity contribution < 1.29 is 32.9 Å². The van der Waals surface area contributed by atoms with E-state index in [9.17, 15) is 23.1 Å². The monoisotopic (exact) mass is 250 g/mol. The number of carbonyl (C=O) groups is 1. The summed E-state index contributed by atoms with van der Waals surface area (Å²) in [6.45, 7) is 0.782. The quantitative estimate of drug-likeness (QED) is 0.864. The van der Waals surface area contributed by atoms with Crippen LogP contribution in [0.5, 0.6) is 11.5 Å². The molecular weight excluding hydrogens is 241 g/mol. The number of ether oxygens (including phenoxy) is 1. The van der Waals surface area contributed by atoms with Crippen LogP contribution in [0.25, 0.3) is 0 Å². The number of phenols is 1. The molecule has 4 nitrogen and oxygen atoms in total. The van der Waals surface area contributed by atoms with E-state index < -0.39 is 29.7 Å². The molecule has 0 spiro atoms. The molecule has 1 aromatic rings. The lowest BCUT2D eigenvalue weighted by atomic mass is 10.2. The fraction of sp³-hybridized carbons (Fsp3) is 0.300. The molecule has 0 aliphatic carbocycles. The highest BCUT2D eigenvalue weighted by Crippen LogP contribution is 2.31. The fourth-order valence-corrected chi connectivity index (χ4v) is 1.01. The third-order valence-electron chi connectivity index (χ3n) is 1.97. The summed E-state index contributed by atoms with van der Waals surface area (Å²) >= 11 is 0. The van der Waals surface area contributed by atoms with Crippen LogP contribution >= 0.6 is 0 Å². The van der Waals surface area contributed by atoms with Gasteiger partial charge in [-0.3, -0.25) is 0 Å². The summed E-state index contributed by atoms with van der Waals surface area (Å²) in [7, 11) is 0. The molecule has 2 N–H and O–H groups in total. The molecule has 0 saturated heterocycles. The number of hydrogen-bond donors (Lipinski definition) is 2. The van der Waals surface area contributed by atoms with Gasteiger partial charge >= 0.3 is 12.1 Å². The summed E-state index contributed by atoms with van der Waals surface area (Å²) in [5, 5.41) is 17.9. The molecule has 94 valence electrons. The van der Waals surface area contributed by atoms with Crippen molar-refractivity contribution in [1.29, 1.82) is 0 Å². The van der Waals surface area contributed by atoms with Crippen molar-refractivity contribution in [2.24, 2.45) is 0 Å². The van der Waals surface area contributed by atoms with Gasteiger partial charge in [-0.25, -0.2) is 4.79 Å². The van der Waals surface area contributed by atoms with E-state index in [0.29, 0.717) is 0 Å². The minimum absolute atomic E-state index is 0.241. The van der Waals surface area contributed by atoms with Crippen molar-refractivity contribution in [3.63, 3.8) is 0 Å². The highest BCUT2D eigenvalue weighted by Gasteiger charge is 2.38. The average Bonchev–Trinajstić information content (AvgIpc) is 2.19. The van der Waals surface area contributed by atoms with Gasteiger partial charge in [-0.05, 0) is 25.1 Å². The molecule has 0 heterocycles. The number of aromatic carboxylic acids is 1. The molecule has 0 bridgehead atoms. The highest BCUT2D eigenvalue weighted by atomic mass is 19.4. The van der Waals surface area contributed by atoms with E-state index in [0.717, 1.165) is 25.1 Å². The van der Waals surface area contributed by atoms with E-state index in [1.165, 1.54) is 0 Å². The zero-order chi connectivity index (χ0) is 13.2. The maximum Gasteiger partial charge on any atom is 0.425 e. The van der Waals surface area contributed by atoms with Gasteiger partial charge in [-0.15, -0.1) is 0 Å². The summed E-state index contributed by atoms with van der Waals surface area (Å²) in [6, 6.07) is 2.84. The summed E-state index contributed by atoms with van der Waals surface area (Å²) in [5.74, 6) is -2.36. The summed E-state index contributed by atoms with van der Waals surface area (Å²) in [4.78, 5) is 10.5. The molecule has 1 rings (SSSR count). The van der Waals surface area contributed by atoms with Gasteiger partial charge < -0.3 is 14.9 Å². The van der Waals surface area contributed by atoms with Crippen LogP contribution in [-0.2, 0) is 0 Å². The van der Waals surface area contributed by atoms with E-state index in [-0.39, 0.29) is 5.56 Å². The van der Waals surface area contributed by atoms with Crippen molar-refractivity contribution in [3.8, 4) is 11.5 Å². The molecule has 1 aromatic carbocycles. The van der Waals surface area contributed by atoms with E-state index in [2.05, 4.69) is 4.74 Å². The van der Waals surface area contributed by atoms with E-state index in [1.54, 1.807) is 0 Å². The Kier molecular flexibility index (Phi) is 3.50. The molecule has 0 radical (unpaired) electrons. The molecule has 0 aliphatic rings. The SMILES string of the molecule is CC(Oc1ccc(C(=O)O)cc1O)C(F)(F)F. The fourth-order valence-electron chi connectivity index (χ4n) is 1.01. The molecule has 7 heteroatoms. The van der Waals surface area contributed by atoms with Gasteiger partial charge in [0.1, 0.15) is 0 Å². The van der Waals surface area contributed by atoms with Crippen molar-refractivity contribution in [2.45, 2.75) is 19.2 Å². The Morgan fingerprint density at radius 3 is 2.41 bits per heavy atom. The van der Waals surface area contributed by atoms with Gasteiger partial charge in [0.2, 0.25) is 0 Å². The van der Waals surface area contributed by atoms with E-state index >= 15 is 0 Å². The standard InChI is InChI=1S/C10H9F3O4/c1-5(10(11,12)13)17-8-3-2-6(9(15)16)4-7(8)14/h2-5,14H,1H3,(H,15,16). The summed E-state index contributed by atoms with van der Waals surface area (Å²) < 4.78 is 41.0. The number of carboxylic acid groups (broad SMARTS) is 1. The maximum atomic E-state index is 12.2. The van der Waals surface area contributed by atoms with Crippen LogP contribution < -0.4 is 4.74 Å². The zero-order valence-corrected chi connectivity index (χ0v) is 8.65. The third kappa shape index (κ3) is 3.27. The van der Waals surface area contributed by atoms with E-state index in [4.69, 9.17) is 5.11 Å². The van der Waals surface area contributed by atoms with Crippen molar-refractivity contribution in [1.82, 2.24) is 0 Å². The second kappa shape index (κ2) is 4.52. The number of hydrogen-bond acceptors (Lipinski definition) is 3. The van der Waals surface area contributed by atoms with Crippen molar-refractivity contribution in [2.75, 3.05) is 0 Å². The van der Waals surface area contributed by atoms with Crippen LogP contribution in [0.4, 0.5) is 13.2 Å². The van der Waals surface area contributed by atoms with E-state index in [1.807, 2.05) is 0 Å². The Hall–Kier alpha value is -1.92. The molecule has 0 aromatic heterocycles. The number of carboxylic acids is 1. The number of phenolic OH excluding ortho intramolecular Hbond substituents is 1. The number of aromatic hydroxyl groups is 1.